The fraction of sp³-hybridized carbons (Fsp3) is 0.556. The first-order valence-electron chi connectivity index (χ1n) is 8.29. The average Bonchev–Trinajstić information content (AvgIpc) is 2.55. The van der Waals surface area contributed by atoms with Gasteiger partial charge >= 0.3 is 0 Å². The van der Waals surface area contributed by atoms with Gasteiger partial charge < -0.3 is 15.3 Å². The third-order valence-electron chi connectivity index (χ3n) is 4.47. The third-order valence-corrected chi connectivity index (χ3v) is 4.47. The van der Waals surface area contributed by atoms with Crippen molar-refractivity contribution in [2.75, 3.05) is 13.1 Å². The van der Waals surface area contributed by atoms with Gasteiger partial charge in [-0.05, 0) is 44.7 Å². The number of hydrogen-bond donors (Lipinski definition) is 2. The molecular weight excluding hydrogens is 292 g/mol. The number of hydrogen-bond acceptors (Lipinski definition) is 3. The molecule has 5 heteroatoms. The first-order valence-corrected chi connectivity index (χ1v) is 8.29. The molecular formula is C18H26N2O3. The van der Waals surface area contributed by atoms with Crippen LogP contribution in [0.15, 0.2) is 30.3 Å². The first kappa shape index (κ1) is 17.5. The van der Waals surface area contributed by atoms with Crippen molar-refractivity contribution in [2.45, 2.75) is 45.3 Å². The largest absolute Gasteiger partial charge is 0.393 e. The van der Waals surface area contributed by atoms with E-state index in [2.05, 4.69) is 5.32 Å². The summed E-state index contributed by atoms with van der Waals surface area (Å²) in [7, 11) is 0. The van der Waals surface area contributed by atoms with E-state index in [4.69, 9.17) is 0 Å². The highest BCUT2D eigenvalue weighted by atomic mass is 16.3. The van der Waals surface area contributed by atoms with Crippen LogP contribution >= 0.6 is 0 Å². The lowest BCUT2D eigenvalue weighted by molar-refractivity contribution is -0.133. The molecule has 0 spiro atoms. The summed E-state index contributed by atoms with van der Waals surface area (Å²) in [5.41, 5.74) is 0.601. The van der Waals surface area contributed by atoms with Gasteiger partial charge in [-0.1, -0.05) is 18.2 Å². The molecule has 1 heterocycles. The molecule has 1 aliphatic rings. The van der Waals surface area contributed by atoms with E-state index in [0.717, 1.165) is 12.8 Å². The van der Waals surface area contributed by atoms with Crippen LogP contribution in [0.3, 0.4) is 0 Å². The highest BCUT2D eigenvalue weighted by Gasteiger charge is 2.26. The smallest absolute Gasteiger partial charge is 0.251 e. The minimum absolute atomic E-state index is 0.0647. The second-order valence-corrected chi connectivity index (χ2v) is 6.40. The summed E-state index contributed by atoms with van der Waals surface area (Å²) in [6.07, 6.45) is 1.68. The molecule has 2 amide bonds. The van der Waals surface area contributed by atoms with Crippen LogP contribution in [0.25, 0.3) is 0 Å². The maximum absolute atomic E-state index is 12.3. The normalized spacial score (nSPS) is 18.3. The van der Waals surface area contributed by atoms with Crippen molar-refractivity contribution in [1.82, 2.24) is 10.2 Å². The van der Waals surface area contributed by atoms with Gasteiger partial charge in [-0.3, -0.25) is 9.59 Å². The Balaban J connectivity index is 1.78. The van der Waals surface area contributed by atoms with Gasteiger partial charge in [0.05, 0.1) is 6.10 Å². The third kappa shape index (κ3) is 5.06. The number of piperidine rings is 1. The van der Waals surface area contributed by atoms with Crippen molar-refractivity contribution < 1.29 is 14.7 Å². The zero-order valence-electron chi connectivity index (χ0n) is 13.9. The number of carbonyl (C=O) groups is 2. The van der Waals surface area contributed by atoms with Crippen LogP contribution in [0.1, 0.15) is 43.5 Å². The van der Waals surface area contributed by atoms with Crippen molar-refractivity contribution >= 4 is 11.8 Å². The van der Waals surface area contributed by atoms with E-state index in [9.17, 15) is 14.7 Å². The van der Waals surface area contributed by atoms with Crippen LogP contribution in [0.4, 0.5) is 0 Å². The Morgan fingerprint density at radius 1 is 1.22 bits per heavy atom. The topological polar surface area (TPSA) is 69.6 Å². The van der Waals surface area contributed by atoms with Crippen LogP contribution in [0.2, 0.25) is 0 Å². The zero-order valence-corrected chi connectivity index (χ0v) is 13.9. The molecule has 1 aliphatic heterocycles. The molecule has 0 aliphatic carbocycles. The van der Waals surface area contributed by atoms with E-state index in [1.165, 1.54) is 0 Å². The van der Waals surface area contributed by atoms with Crippen molar-refractivity contribution in [3.05, 3.63) is 35.9 Å². The monoisotopic (exact) mass is 318 g/mol. The number of rotatable bonds is 5. The molecule has 0 bridgehead atoms. The number of carbonyl (C=O) groups excluding carboxylic acids is 2. The van der Waals surface area contributed by atoms with Gasteiger partial charge in [-0.25, -0.2) is 0 Å². The van der Waals surface area contributed by atoms with Crippen LogP contribution in [-0.2, 0) is 4.79 Å². The van der Waals surface area contributed by atoms with Gasteiger partial charge in [-0.15, -0.1) is 0 Å². The Morgan fingerprint density at radius 3 is 2.39 bits per heavy atom. The van der Waals surface area contributed by atoms with Crippen LogP contribution in [0, 0.1) is 5.92 Å². The lowest BCUT2D eigenvalue weighted by Gasteiger charge is -2.33. The van der Waals surface area contributed by atoms with E-state index in [1.807, 2.05) is 36.9 Å². The number of aliphatic hydroxyl groups excluding tert-OH is 1. The summed E-state index contributed by atoms with van der Waals surface area (Å²) in [6, 6.07) is 8.80. The van der Waals surface area contributed by atoms with Crippen LogP contribution in [-0.4, -0.2) is 47.1 Å². The average molecular weight is 318 g/mol. The van der Waals surface area contributed by atoms with E-state index in [0.29, 0.717) is 25.1 Å². The van der Waals surface area contributed by atoms with Crippen molar-refractivity contribution in [1.29, 1.82) is 0 Å². The maximum Gasteiger partial charge on any atom is 0.251 e. The Morgan fingerprint density at radius 2 is 1.83 bits per heavy atom. The maximum atomic E-state index is 12.3. The highest BCUT2D eigenvalue weighted by Crippen LogP contribution is 2.21. The minimum atomic E-state index is -0.309. The summed E-state index contributed by atoms with van der Waals surface area (Å²) in [5, 5.41) is 12.5. The van der Waals surface area contributed by atoms with Gasteiger partial charge in [0.2, 0.25) is 5.91 Å². The second-order valence-electron chi connectivity index (χ2n) is 6.40. The molecule has 1 aromatic rings. The lowest BCUT2D eigenvalue weighted by Crippen LogP contribution is -2.43. The number of benzene rings is 1. The molecule has 2 unspecified atom stereocenters. The standard InChI is InChI=1S/C18H26N2O3/c1-13(19-18(23)16-6-4-3-5-7-16)12-17(22)20-10-8-15(9-11-20)14(2)21/h3-7,13-15,21H,8-12H2,1-2H3,(H,19,23). The number of nitrogens with zero attached hydrogens (tertiary/aromatic N) is 1. The Kier molecular flexibility index (Phi) is 6.16. The second kappa shape index (κ2) is 8.11. The molecule has 0 radical (unpaired) electrons. The Labute approximate surface area is 137 Å². The predicted octanol–water partition coefficient (Wildman–Crippen LogP) is 1.81. The van der Waals surface area contributed by atoms with Gasteiger partial charge in [0, 0.05) is 31.1 Å². The Hall–Kier alpha value is -1.88. The first-order chi connectivity index (χ1) is 11.0. The number of amides is 2. The van der Waals surface area contributed by atoms with Gasteiger partial charge in [0.1, 0.15) is 0 Å². The number of nitrogens with one attached hydrogen (secondary N) is 1. The molecule has 2 N–H and O–H groups in total. The van der Waals surface area contributed by atoms with Crippen molar-refractivity contribution in [3.63, 3.8) is 0 Å². The van der Waals surface area contributed by atoms with Crippen molar-refractivity contribution in [2.24, 2.45) is 5.92 Å². The van der Waals surface area contributed by atoms with E-state index >= 15 is 0 Å². The van der Waals surface area contributed by atoms with E-state index in [-0.39, 0.29) is 29.9 Å². The molecule has 0 saturated carbocycles. The molecule has 2 atom stereocenters. The summed E-state index contributed by atoms with van der Waals surface area (Å²) >= 11 is 0. The van der Waals surface area contributed by atoms with E-state index < -0.39 is 0 Å². The van der Waals surface area contributed by atoms with Crippen molar-refractivity contribution in [3.8, 4) is 0 Å². The number of likely N-dealkylation sites (tertiary alicyclic amines) is 1. The summed E-state index contributed by atoms with van der Waals surface area (Å²) in [5.74, 6) is 0.197. The highest BCUT2D eigenvalue weighted by molar-refractivity contribution is 5.94. The molecule has 1 fully saturated rings. The Bertz CT molecular complexity index is 522. The SMILES string of the molecule is CC(CC(=O)N1CCC(C(C)O)CC1)NC(=O)c1ccccc1. The quantitative estimate of drug-likeness (QED) is 0.870. The minimum Gasteiger partial charge on any atom is -0.393 e. The number of aliphatic hydroxyl groups is 1. The molecule has 2 rings (SSSR count). The fourth-order valence-corrected chi connectivity index (χ4v) is 2.97. The van der Waals surface area contributed by atoms with Gasteiger partial charge in [0.25, 0.3) is 5.91 Å². The fourth-order valence-electron chi connectivity index (χ4n) is 2.97. The summed E-state index contributed by atoms with van der Waals surface area (Å²) in [6.45, 7) is 5.03. The van der Waals surface area contributed by atoms with Gasteiger partial charge in [-0.2, -0.15) is 0 Å². The molecule has 1 saturated heterocycles. The molecule has 0 aromatic heterocycles. The molecule has 126 valence electrons. The summed E-state index contributed by atoms with van der Waals surface area (Å²) < 4.78 is 0. The molecule has 1 aromatic carbocycles. The van der Waals surface area contributed by atoms with Crippen LogP contribution in [0.5, 0.6) is 0 Å². The zero-order chi connectivity index (χ0) is 16.8. The summed E-state index contributed by atoms with van der Waals surface area (Å²) in [4.78, 5) is 26.2. The van der Waals surface area contributed by atoms with Gasteiger partial charge in [0.15, 0.2) is 0 Å². The van der Waals surface area contributed by atoms with Crippen LogP contribution < -0.4 is 5.32 Å². The van der Waals surface area contributed by atoms with E-state index in [1.54, 1.807) is 12.1 Å². The molecule has 5 nitrogen and oxygen atoms in total. The lowest BCUT2D eigenvalue weighted by atomic mass is 9.92. The predicted molar refractivity (Wildman–Crippen MR) is 89.0 cm³/mol. The molecule has 23 heavy (non-hydrogen) atoms.